The van der Waals surface area contributed by atoms with Crippen LogP contribution in [0, 0.1) is 0 Å². The first kappa shape index (κ1) is 15.6. The molecule has 0 bridgehead atoms. The zero-order valence-electron chi connectivity index (χ0n) is 12.0. The highest BCUT2D eigenvalue weighted by molar-refractivity contribution is 6.29. The number of rotatable bonds is 4. The number of hydrogen-bond acceptors (Lipinski definition) is 4. The second kappa shape index (κ2) is 7.31. The number of hydrogen-bond donors (Lipinski definition) is 1. The van der Waals surface area contributed by atoms with Gasteiger partial charge in [-0.1, -0.05) is 0 Å². The fourth-order valence-corrected chi connectivity index (χ4v) is 2.56. The molecule has 0 aliphatic carbocycles. The molecule has 0 unspecified atom stereocenters. The molecule has 1 saturated heterocycles. The molecule has 0 aromatic heterocycles. The number of carbonyl (C=O) groups is 2. The number of piperidine rings is 1. The number of benzene rings is 1. The third-order valence-electron chi connectivity index (χ3n) is 3.50. The van der Waals surface area contributed by atoms with Crippen molar-refractivity contribution >= 4 is 34.9 Å². The lowest BCUT2D eigenvalue weighted by atomic mass is 10.1. The first-order valence-corrected chi connectivity index (χ1v) is 7.52. The molecule has 1 aromatic rings. The lowest BCUT2D eigenvalue weighted by Gasteiger charge is -2.30. The lowest BCUT2D eigenvalue weighted by molar-refractivity contribution is -0.113. The minimum absolute atomic E-state index is 0.124. The average Bonchev–Trinajstić information content (AvgIpc) is 2.54. The van der Waals surface area contributed by atoms with Gasteiger partial charge in [0.15, 0.2) is 0 Å². The second-order valence-electron chi connectivity index (χ2n) is 4.95. The van der Waals surface area contributed by atoms with Gasteiger partial charge in [0.25, 0.3) is 0 Å². The minimum atomic E-state index is -0.405. The van der Waals surface area contributed by atoms with Gasteiger partial charge in [-0.05, 0) is 37.5 Å². The third kappa shape index (κ3) is 3.88. The topological polar surface area (TPSA) is 58.6 Å². The van der Waals surface area contributed by atoms with Crippen LogP contribution in [-0.2, 0) is 9.53 Å². The molecule has 6 heteroatoms. The van der Waals surface area contributed by atoms with Crippen LogP contribution >= 0.6 is 11.6 Å². The number of carbonyl (C=O) groups excluding carboxylic acids is 2. The second-order valence-corrected chi connectivity index (χ2v) is 5.22. The lowest BCUT2D eigenvalue weighted by Crippen LogP contribution is -2.31. The summed E-state index contributed by atoms with van der Waals surface area (Å²) in [6, 6.07) is 5.27. The zero-order chi connectivity index (χ0) is 15.2. The molecular formula is C15H19ClN2O3. The third-order valence-corrected chi connectivity index (χ3v) is 3.75. The predicted octanol–water partition coefficient (Wildman–Crippen LogP) is 2.64. The van der Waals surface area contributed by atoms with Gasteiger partial charge < -0.3 is 15.0 Å². The zero-order valence-corrected chi connectivity index (χ0v) is 12.8. The van der Waals surface area contributed by atoms with Gasteiger partial charge in [0.05, 0.1) is 18.4 Å². The van der Waals surface area contributed by atoms with E-state index in [1.54, 1.807) is 12.1 Å². The molecule has 2 rings (SSSR count). The molecule has 1 N–H and O–H groups in total. The van der Waals surface area contributed by atoms with Crippen molar-refractivity contribution in [3.05, 3.63) is 23.8 Å². The smallest absolute Gasteiger partial charge is 0.340 e. The Balaban J connectivity index is 2.30. The molecule has 1 heterocycles. The molecule has 0 atom stereocenters. The van der Waals surface area contributed by atoms with Crippen LogP contribution in [-0.4, -0.2) is 38.0 Å². The van der Waals surface area contributed by atoms with Crippen molar-refractivity contribution in [2.75, 3.05) is 36.3 Å². The summed E-state index contributed by atoms with van der Waals surface area (Å²) in [7, 11) is 1.35. The Morgan fingerprint density at radius 3 is 2.62 bits per heavy atom. The largest absolute Gasteiger partial charge is 0.465 e. The van der Waals surface area contributed by atoms with Gasteiger partial charge >= 0.3 is 5.97 Å². The number of esters is 1. The van der Waals surface area contributed by atoms with E-state index in [1.165, 1.54) is 13.5 Å². The predicted molar refractivity (Wildman–Crippen MR) is 83.2 cm³/mol. The van der Waals surface area contributed by atoms with E-state index in [4.69, 9.17) is 16.3 Å². The van der Waals surface area contributed by atoms with Gasteiger partial charge in [0.1, 0.15) is 5.88 Å². The molecule has 1 amide bonds. The SMILES string of the molecule is COC(=O)c1cc(NC(=O)CCl)ccc1N1CCCCC1. The van der Waals surface area contributed by atoms with E-state index in [0.717, 1.165) is 31.6 Å². The normalized spacial score (nSPS) is 14.7. The minimum Gasteiger partial charge on any atom is -0.465 e. The highest BCUT2D eigenvalue weighted by atomic mass is 35.5. The van der Waals surface area contributed by atoms with Crippen LogP contribution in [0.1, 0.15) is 29.6 Å². The fourth-order valence-electron chi connectivity index (χ4n) is 2.49. The van der Waals surface area contributed by atoms with E-state index in [9.17, 15) is 9.59 Å². The maximum atomic E-state index is 12.0. The van der Waals surface area contributed by atoms with Crippen LogP contribution < -0.4 is 10.2 Å². The molecule has 0 spiro atoms. The van der Waals surface area contributed by atoms with Crippen LogP contribution in [0.5, 0.6) is 0 Å². The summed E-state index contributed by atoms with van der Waals surface area (Å²) in [5, 5.41) is 2.64. The van der Waals surface area contributed by atoms with Gasteiger partial charge in [0, 0.05) is 18.8 Å². The van der Waals surface area contributed by atoms with E-state index in [0.29, 0.717) is 11.3 Å². The Morgan fingerprint density at radius 1 is 1.29 bits per heavy atom. The molecule has 1 aliphatic rings. The number of amides is 1. The first-order valence-electron chi connectivity index (χ1n) is 6.99. The summed E-state index contributed by atoms with van der Waals surface area (Å²) in [5.41, 5.74) is 1.86. The first-order chi connectivity index (χ1) is 10.2. The van der Waals surface area contributed by atoms with Crippen molar-refractivity contribution in [1.29, 1.82) is 0 Å². The molecule has 1 aliphatic heterocycles. The van der Waals surface area contributed by atoms with Crippen LogP contribution in [0.4, 0.5) is 11.4 Å². The summed E-state index contributed by atoms with van der Waals surface area (Å²) in [5.74, 6) is -0.836. The van der Waals surface area contributed by atoms with Crippen molar-refractivity contribution in [1.82, 2.24) is 0 Å². The summed E-state index contributed by atoms with van der Waals surface area (Å²) < 4.78 is 4.85. The Hall–Kier alpha value is -1.75. The molecule has 5 nitrogen and oxygen atoms in total. The quantitative estimate of drug-likeness (QED) is 0.686. The van der Waals surface area contributed by atoms with Crippen molar-refractivity contribution < 1.29 is 14.3 Å². The molecule has 114 valence electrons. The number of nitrogens with zero attached hydrogens (tertiary/aromatic N) is 1. The molecule has 1 fully saturated rings. The van der Waals surface area contributed by atoms with Crippen molar-refractivity contribution in [2.24, 2.45) is 0 Å². The van der Waals surface area contributed by atoms with Gasteiger partial charge in [0.2, 0.25) is 5.91 Å². The van der Waals surface area contributed by atoms with Crippen molar-refractivity contribution in [2.45, 2.75) is 19.3 Å². The number of halogens is 1. The Kier molecular flexibility index (Phi) is 5.44. The van der Waals surface area contributed by atoms with Crippen LogP contribution in [0.25, 0.3) is 0 Å². The van der Waals surface area contributed by atoms with Crippen LogP contribution in [0.15, 0.2) is 18.2 Å². The maximum Gasteiger partial charge on any atom is 0.340 e. The molecule has 0 radical (unpaired) electrons. The summed E-state index contributed by atoms with van der Waals surface area (Å²) in [4.78, 5) is 25.5. The van der Waals surface area contributed by atoms with E-state index in [-0.39, 0.29) is 11.8 Å². The van der Waals surface area contributed by atoms with Crippen molar-refractivity contribution in [3.8, 4) is 0 Å². The van der Waals surface area contributed by atoms with E-state index >= 15 is 0 Å². The van der Waals surface area contributed by atoms with Crippen LogP contribution in [0.2, 0.25) is 0 Å². The standard InChI is InChI=1S/C15H19ClN2O3/c1-21-15(20)12-9-11(17-14(19)10-16)5-6-13(12)18-7-3-2-4-8-18/h5-6,9H,2-4,7-8,10H2,1H3,(H,17,19). The summed E-state index contributed by atoms with van der Waals surface area (Å²) >= 11 is 5.47. The Bertz CT molecular complexity index is 528. The summed E-state index contributed by atoms with van der Waals surface area (Å²) in [6.45, 7) is 1.86. The Labute approximate surface area is 129 Å². The Morgan fingerprint density at radius 2 is 2.00 bits per heavy atom. The summed E-state index contributed by atoms with van der Waals surface area (Å²) in [6.07, 6.45) is 3.45. The van der Waals surface area contributed by atoms with Gasteiger partial charge in [-0.3, -0.25) is 4.79 Å². The number of alkyl halides is 1. The number of ether oxygens (including phenoxy) is 1. The van der Waals surface area contributed by atoms with E-state index in [2.05, 4.69) is 10.2 Å². The highest BCUT2D eigenvalue weighted by Crippen LogP contribution is 2.27. The fraction of sp³-hybridized carbons (Fsp3) is 0.467. The average molecular weight is 311 g/mol. The molecule has 0 saturated carbocycles. The molecular weight excluding hydrogens is 292 g/mol. The van der Waals surface area contributed by atoms with E-state index in [1.807, 2.05) is 6.07 Å². The van der Waals surface area contributed by atoms with Crippen molar-refractivity contribution in [3.63, 3.8) is 0 Å². The van der Waals surface area contributed by atoms with Gasteiger partial charge in [-0.2, -0.15) is 0 Å². The molecule has 1 aromatic carbocycles. The monoisotopic (exact) mass is 310 g/mol. The van der Waals surface area contributed by atoms with Gasteiger partial charge in [-0.15, -0.1) is 11.6 Å². The maximum absolute atomic E-state index is 12.0. The van der Waals surface area contributed by atoms with Gasteiger partial charge in [-0.25, -0.2) is 4.79 Å². The highest BCUT2D eigenvalue weighted by Gasteiger charge is 2.19. The molecule has 21 heavy (non-hydrogen) atoms. The number of nitrogens with one attached hydrogen (secondary N) is 1. The number of methoxy groups -OCH3 is 1. The number of anilines is 2. The van der Waals surface area contributed by atoms with E-state index < -0.39 is 5.97 Å². The van der Waals surface area contributed by atoms with Crippen LogP contribution in [0.3, 0.4) is 0 Å².